The summed E-state index contributed by atoms with van der Waals surface area (Å²) in [4.78, 5) is 4.28. The number of nitrogens with zero attached hydrogens (tertiary/aromatic N) is 1. The SMILES string of the molecule is NCCc1csc(COc2ccc(F)cc2F)n1. The fourth-order valence-electron chi connectivity index (χ4n) is 1.41. The van der Waals surface area contributed by atoms with Crippen molar-refractivity contribution in [3.63, 3.8) is 0 Å². The van der Waals surface area contributed by atoms with E-state index in [2.05, 4.69) is 4.98 Å². The average Bonchev–Trinajstić information content (AvgIpc) is 2.76. The Bertz CT molecular complexity index is 531. The zero-order valence-electron chi connectivity index (χ0n) is 9.53. The maximum atomic E-state index is 13.3. The molecule has 0 amide bonds. The topological polar surface area (TPSA) is 48.1 Å². The quantitative estimate of drug-likeness (QED) is 0.908. The largest absolute Gasteiger partial charge is 0.483 e. The van der Waals surface area contributed by atoms with Gasteiger partial charge in [-0.3, -0.25) is 0 Å². The average molecular weight is 270 g/mol. The number of rotatable bonds is 5. The molecule has 96 valence electrons. The number of hydrogen-bond acceptors (Lipinski definition) is 4. The normalized spacial score (nSPS) is 10.6. The Hall–Kier alpha value is -1.53. The van der Waals surface area contributed by atoms with E-state index < -0.39 is 11.6 Å². The first-order valence-electron chi connectivity index (χ1n) is 5.40. The second-order valence-corrected chi connectivity index (χ2v) is 4.58. The van der Waals surface area contributed by atoms with Crippen molar-refractivity contribution in [2.75, 3.05) is 6.54 Å². The molecule has 0 saturated heterocycles. The molecule has 18 heavy (non-hydrogen) atoms. The van der Waals surface area contributed by atoms with Crippen LogP contribution in [0.3, 0.4) is 0 Å². The van der Waals surface area contributed by atoms with Gasteiger partial charge < -0.3 is 10.5 Å². The van der Waals surface area contributed by atoms with E-state index in [4.69, 9.17) is 10.5 Å². The van der Waals surface area contributed by atoms with Gasteiger partial charge in [0.1, 0.15) is 17.4 Å². The fourth-order valence-corrected chi connectivity index (χ4v) is 2.15. The van der Waals surface area contributed by atoms with E-state index >= 15 is 0 Å². The van der Waals surface area contributed by atoms with Gasteiger partial charge >= 0.3 is 0 Å². The molecule has 2 rings (SSSR count). The summed E-state index contributed by atoms with van der Waals surface area (Å²) in [6.07, 6.45) is 0.710. The fraction of sp³-hybridized carbons (Fsp3) is 0.250. The monoisotopic (exact) mass is 270 g/mol. The number of benzene rings is 1. The highest BCUT2D eigenvalue weighted by Crippen LogP contribution is 2.20. The molecular formula is C12H12F2N2OS. The maximum Gasteiger partial charge on any atom is 0.167 e. The van der Waals surface area contributed by atoms with Crippen molar-refractivity contribution in [1.29, 1.82) is 0 Å². The van der Waals surface area contributed by atoms with Gasteiger partial charge in [-0.2, -0.15) is 0 Å². The summed E-state index contributed by atoms with van der Waals surface area (Å²) < 4.78 is 31.2. The van der Waals surface area contributed by atoms with Gasteiger partial charge in [0.2, 0.25) is 0 Å². The first kappa shape index (κ1) is 12.9. The van der Waals surface area contributed by atoms with Crippen molar-refractivity contribution < 1.29 is 13.5 Å². The summed E-state index contributed by atoms with van der Waals surface area (Å²) in [6, 6.07) is 3.20. The minimum atomic E-state index is -0.714. The molecule has 1 aromatic carbocycles. The number of hydrogen-bond donors (Lipinski definition) is 1. The smallest absolute Gasteiger partial charge is 0.167 e. The van der Waals surface area contributed by atoms with Crippen molar-refractivity contribution >= 4 is 11.3 Å². The summed E-state index contributed by atoms with van der Waals surface area (Å²) in [7, 11) is 0. The van der Waals surface area contributed by atoms with Crippen molar-refractivity contribution in [2.45, 2.75) is 13.0 Å². The van der Waals surface area contributed by atoms with Crippen molar-refractivity contribution in [3.8, 4) is 5.75 Å². The third kappa shape index (κ3) is 3.24. The zero-order valence-corrected chi connectivity index (χ0v) is 10.3. The van der Waals surface area contributed by atoms with Crippen LogP contribution >= 0.6 is 11.3 Å². The van der Waals surface area contributed by atoms with Crippen LogP contribution in [0.5, 0.6) is 5.75 Å². The minimum absolute atomic E-state index is 0.0203. The molecular weight excluding hydrogens is 258 g/mol. The van der Waals surface area contributed by atoms with Crippen molar-refractivity contribution in [2.24, 2.45) is 5.73 Å². The molecule has 3 nitrogen and oxygen atoms in total. The Balaban J connectivity index is 1.97. The zero-order chi connectivity index (χ0) is 13.0. The van der Waals surface area contributed by atoms with E-state index in [0.29, 0.717) is 13.0 Å². The van der Waals surface area contributed by atoms with Gasteiger partial charge in [0.05, 0.1) is 5.69 Å². The lowest BCUT2D eigenvalue weighted by Gasteiger charge is -2.04. The molecule has 1 heterocycles. The first-order chi connectivity index (χ1) is 8.69. The maximum absolute atomic E-state index is 13.3. The van der Waals surface area contributed by atoms with Crippen LogP contribution < -0.4 is 10.5 Å². The summed E-state index contributed by atoms with van der Waals surface area (Å²) in [6.45, 7) is 0.703. The molecule has 6 heteroatoms. The summed E-state index contributed by atoms with van der Waals surface area (Å²) in [5.41, 5.74) is 6.32. The van der Waals surface area contributed by atoms with Gasteiger partial charge in [0.25, 0.3) is 0 Å². The van der Waals surface area contributed by atoms with Crippen LogP contribution in [-0.2, 0) is 13.0 Å². The highest BCUT2D eigenvalue weighted by atomic mass is 32.1. The second kappa shape index (κ2) is 5.88. The second-order valence-electron chi connectivity index (χ2n) is 3.63. The lowest BCUT2D eigenvalue weighted by molar-refractivity contribution is 0.288. The van der Waals surface area contributed by atoms with Gasteiger partial charge in [-0.25, -0.2) is 13.8 Å². The Morgan fingerprint density at radius 3 is 2.89 bits per heavy atom. The van der Waals surface area contributed by atoms with Gasteiger partial charge in [0, 0.05) is 17.9 Å². The Kier molecular flexibility index (Phi) is 4.22. The van der Waals surface area contributed by atoms with Crippen LogP contribution in [0, 0.1) is 11.6 Å². The van der Waals surface area contributed by atoms with E-state index in [1.54, 1.807) is 0 Å². The van der Waals surface area contributed by atoms with Gasteiger partial charge in [0.15, 0.2) is 11.6 Å². The molecule has 0 saturated carbocycles. The molecule has 0 spiro atoms. The van der Waals surface area contributed by atoms with Crippen LogP contribution in [0.1, 0.15) is 10.7 Å². The highest BCUT2D eigenvalue weighted by molar-refractivity contribution is 7.09. The molecule has 0 fully saturated rings. The van der Waals surface area contributed by atoms with Crippen LogP contribution in [0.25, 0.3) is 0 Å². The molecule has 0 bridgehead atoms. The predicted molar refractivity (Wildman–Crippen MR) is 65.6 cm³/mol. The number of nitrogens with two attached hydrogens (primary N) is 1. The van der Waals surface area contributed by atoms with Crippen molar-refractivity contribution in [3.05, 3.63) is 45.9 Å². The predicted octanol–water partition coefficient (Wildman–Crippen LogP) is 2.50. The van der Waals surface area contributed by atoms with E-state index in [-0.39, 0.29) is 12.4 Å². The molecule has 2 aromatic rings. The van der Waals surface area contributed by atoms with Crippen molar-refractivity contribution in [1.82, 2.24) is 4.98 Å². The van der Waals surface area contributed by atoms with E-state index in [9.17, 15) is 8.78 Å². The molecule has 0 aliphatic rings. The molecule has 0 atom stereocenters. The first-order valence-corrected chi connectivity index (χ1v) is 6.28. The van der Waals surface area contributed by atoms with Crippen LogP contribution in [0.4, 0.5) is 8.78 Å². The van der Waals surface area contributed by atoms with Gasteiger partial charge in [-0.05, 0) is 18.7 Å². The van der Waals surface area contributed by atoms with E-state index in [1.807, 2.05) is 5.38 Å². The van der Waals surface area contributed by atoms with Crippen LogP contribution in [-0.4, -0.2) is 11.5 Å². The Morgan fingerprint density at radius 1 is 1.33 bits per heavy atom. The standard InChI is InChI=1S/C12H12F2N2OS/c13-8-1-2-11(10(14)5-8)17-6-12-16-9(3-4-15)7-18-12/h1-2,5,7H,3-4,6,15H2. The molecule has 2 N–H and O–H groups in total. The summed E-state index contributed by atoms with van der Waals surface area (Å²) >= 11 is 1.43. The number of ether oxygens (including phenoxy) is 1. The number of halogens is 2. The van der Waals surface area contributed by atoms with Gasteiger partial charge in [-0.15, -0.1) is 11.3 Å². The highest BCUT2D eigenvalue weighted by Gasteiger charge is 2.07. The Labute approximate surface area is 107 Å². The molecule has 1 aromatic heterocycles. The lowest BCUT2D eigenvalue weighted by atomic mass is 10.3. The van der Waals surface area contributed by atoms with Crippen LogP contribution in [0.2, 0.25) is 0 Å². The summed E-state index contributed by atoms with van der Waals surface area (Å²) in [5, 5.41) is 2.63. The lowest BCUT2D eigenvalue weighted by Crippen LogP contribution is -2.03. The number of aromatic nitrogens is 1. The molecule has 0 aliphatic carbocycles. The number of thiazole rings is 1. The molecule has 0 unspecified atom stereocenters. The third-order valence-corrected chi connectivity index (χ3v) is 3.12. The van der Waals surface area contributed by atoms with E-state index in [0.717, 1.165) is 22.8 Å². The third-order valence-electron chi connectivity index (χ3n) is 2.24. The Morgan fingerprint density at radius 2 is 2.17 bits per heavy atom. The van der Waals surface area contributed by atoms with E-state index in [1.165, 1.54) is 17.4 Å². The van der Waals surface area contributed by atoms with Crippen LogP contribution in [0.15, 0.2) is 23.6 Å². The molecule has 0 aliphatic heterocycles. The molecule has 0 radical (unpaired) electrons. The summed E-state index contributed by atoms with van der Waals surface area (Å²) in [5.74, 6) is -1.32. The van der Waals surface area contributed by atoms with Gasteiger partial charge in [-0.1, -0.05) is 0 Å². The minimum Gasteiger partial charge on any atom is -0.483 e.